The van der Waals surface area contributed by atoms with E-state index in [1.165, 1.54) is 0 Å². The number of halogens is 1. The summed E-state index contributed by atoms with van der Waals surface area (Å²) in [7, 11) is 0. The highest BCUT2D eigenvalue weighted by molar-refractivity contribution is 6.28. The second-order valence-corrected chi connectivity index (χ2v) is 34.7. The fourth-order valence-corrected chi connectivity index (χ4v) is 17.1. The highest BCUT2D eigenvalue weighted by Crippen LogP contribution is 2.39. The number of piperidine rings is 4. The average Bonchev–Trinajstić information content (AvgIpc) is 0.789. The van der Waals surface area contributed by atoms with Crippen LogP contribution in [-0.4, -0.2) is 166 Å². The van der Waals surface area contributed by atoms with E-state index in [1.54, 1.807) is 0 Å². The summed E-state index contributed by atoms with van der Waals surface area (Å²) in [6.07, 6.45) is 25.1. The van der Waals surface area contributed by atoms with Crippen molar-refractivity contribution in [2.45, 2.75) is 361 Å². The van der Waals surface area contributed by atoms with Gasteiger partial charge in [0.1, 0.15) is 0 Å². The van der Waals surface area contributed by atoms with Crippen LogP contribution in [0, 0.1) is 0 Å². The van der Waals surface area contributed by atoms with Crippen molar-refractivity contribution in [3.05, 3.63) is 5.28 Å². The summed E-state index contributed by atoms with van der Waals surface area (Å²) in [5.74, 6) is 5.56. The van der Waals surface area contributed by atoms with E-state index in [9.17, 15) is 0 Å². The Morgan fingerprint density at radius 3 is 0.695 bits per heavy atom. The van der Waals surface area contributed by atoms with Crippen molar-refractivity contribution in [3.8, 4) is 0 Å². The number of aromatic nitrogens is 9. The fourth-order valence-electron chi connectivity index (χ4n) is 16.9. The van der Waals surface area contributed by atoms with Gasteiger partial charge in [-0.1, -0.05) is 79.1 Å². The second-order valence-electron chi connectivity index (χ2n) is 34.3. The first-order valence-corrected chi connectivity index (χ1v) is 38.1. The lowest BCUT2D eigenvalue weighted by Gasteiger charge is -2.50. The van der Waals surface area contributed by atoms with E-state index in [-0.39, 0.29) is 49.6 Å². The van der Waals surface area contributed by atoms with E-state index in [0.717, 1.165) is 230 Å². The number of unbranched alkanes of at least 4 members (excludes halogenated alkanes) is 10. The van der Waals surface area contributed by atoms with Crippen molar-refractivity contribution in [3.63, 3.8) is 0 Å². The predicted octanol–water partition coefficient (Wildman–Crippen LogP) is 14.7. The average molecular weight is 1340 g/mol. The van der Waals surface area contributed by atoms with Gasteiger partial charge in [0, 0.05) is 121 Å². The minimum Gasteiger partial charge on any atom is -0.354 e. The van der Waals surface area contributed by atoms with Gasteiger partial charge in [-0.3, -0.25) is 0 Å². The summed E-state index contributed by atoms with van der Waals surface area (Å²) >= 11 is 6.49. The number of rotatable bonds is 38. The molecule has 21 nitrogen and oxygen atoms in total. The third-order valence-corrected chi connectivity index (χ3v) is 19.8. The van der Waals surface area contributed by atoms with E-state index < -0.39 is 0 Å². The normalized spacial score (nSPS) is 20.6. The van der Waals surface area contributed by atoms with Gasteiger partial charge in [0.15, 0.2) is 0 Å². The van der Waals surface area contributed by atoms with Crippen LogP contribution in [-0.2, 0) is 0 Å². The van der Waals surface area contributed by atoms with Crippen molar-refractivity contribution in [1.82, 2.24) is 66.1 Å². The predicted molar refractivity (Wildman–Crippen MR) is 402 cm³/mol. The molecule has 3 aromatic rings. The van der Waals surface area contributed by atoms with Crippen LogP contribution in [0.25, 0.3) is 0 Å². The van der Waals surface area contributed by atoms with Crippen LogP contribution in [0.1, 0.15) is 293 Å². The molecular weight excluding hydrogens is 1210 g/mol. The zero-order chi connectivity index (χ0) is 69.5. The Kier molecular flexibility index (Phi) is 27.9. The molecule has 4 fully saturated rings. The van der Waals surface area contributed by atoms with Gasteiger partial charge in [-0.15, -0.1) is 0 Å². The molecule has 0 saturated carbocycles. The lowest BCUT2D eigenvalue weighted by molar-refractivity contribution is 0.156. The molecule has 540 valence electrons. The Morgan fingerprint density at radius 2 is 0.495 bits per heavy atom. The smallest absolute Gasteiger partial charge is 0.232 e. The van der Waals surface area contributed by atoms with Crippen LogP contribution >= 0.6 is 11.6 Å². The Morgan fingerprint density at radius 1 is 0.295 bits per heavy atom. The van der Waals surface area contributed by atoms with Gasteiger partial charge in [-0.2, -0.15) is 44.9 Å². The lowest BCUT2D eigenvalue weighted by atomic mass is 9.79. The highest BCUT2D eigenvalue weighted by Gasteiger charge is 2.46. The summed E-state index contributed by atoms with van der Waals surface area (Å²) in [6, 6.07) is 1.20. The summed E-state index contributed by atoms with van der Waals surface area (Å²) in [5, 5.41) is 30.1. The topological polar surface area (TPSA) is 225 Å². The molecule has 0 unspecified atom stereocenters. The van der Waals surface area contributed by atoms with Crippen LogP contribution in [0.5, 0.6) is 0 Å². The molecule has 4 aliphatic rings. The summed E-state index contributed by atoms with van der Waals surface area (Å²) in [5.41, 5.74) is -0.105. The van der Waals surface area contributed by atoms with Gasteiger partial charge in [-0.25, -0.2) is 0 Å². The maximum atomic E-state index is 6.49. The number of nitrogens with one attached hydrogen (secondary N) is 8. The molecule has 22 heteroatoms. The molecule has 7 rings (SSSR count). The van der Waals surface area contributed by atoms with Gasteiger partial charge >= 0.3 is 0 Å². The summed E-state index contributed by atoms with van der Waals surface area (Å²) in [6.45, 7) is 53.3. The maximum absolute atomic E-state index is 6.49. The molecule has 0 bridgehead atoms. The quantitative estimate of drug-likeness (QED) is 0.0250. The molecule has 0 spiro atoms. The first kappa shape index (κ1) is 77.9. The first-order chi connectivity index (χ1) is 44.6. The van der Waals surface area contributed by atoms with Gasteiger partial charge in [-0.05, 0) is 225 Å². The van der Waals surface area contributed by atoms with Crippen molar-refractivity contribution >= 4 is 59.2 Å². The molecule has 3 aromatic heterocycles. The molecule has 8 N–H and O–H groups in total. The molecule has 4 saturated heterocycles. The van der Waals surface area contributed by atoms with Crippen LogP contribution in [0.2, 0.25) is 5.28 Å². The number of hydrogen-bond donors (Lipinski definition) is 8. The number of hydrogen-bond acceptors (Lipinski definition) is 21. The maximum Gasteiger partial charge on any atom is 0.232 e. The van der Waals surface area contributed by atoms with E-state index in [1.807, 2.05) is 0 Å². The standard InChI is InChI=1S/C73H136ClN21/c1-21-25-41-92(53-45-66(5,6)88-67(7,8)46-53)62-82-60(83-63(86-62)93(42-26-22-2)54-47-68(9,10)89-69(11,12)48-54)77-39-35-31-29-33-37-75-58-79-57(74)80-59(81-58)76-38-34-30-32-36-40-78-61-84-64(94(43-27-23-3)55-49-70(13,14)90-71(15,16)50-55)87-65(85-61)95(44-28-24-4)56-51-72(17,18)91-73(19,20)52-56/h53-56,88-91H,21-52H2,1-20H3,(H,77,82,83,86)(H,78,84,85,87)(H2,75,76,79,80,81). The van der Waals surface area contributed by atoms with E-state index in [2.05, 4.69) is 211 Å². The lowest BCUT2D eigenvalue weighted by Crippen LogP contribution is -2.63. The van der Waals surface area contributed by atoms with E-state index >= 15 is 0 Å². The van der Waals surface area contributed by atoms with Crippen LogP contribution < -0.4 is 62.1 Å². The van der Waals surface area contributed by atoms with Gasteiger partial charge in [0.2, 0.25) is 52.9 Å². The van der Waals surface area contributed by atoms with Crippen LogP contribution in [0.4, 0.5) is 47.6 Å². The number of anilines is 8. The van der Waals surface area contributed by atoms with Crippen LogP contribution in [0.3, 0.4) is 0 Å². The number of nitrogens with zero attached hydrogens (tertiary/aromatic N) is 13. The van der Waals surface area contributed by atoms with Crippen molar-refractivity contribution in [2.24, 2.45) is 0 Å². The van der Waals surface area contributed by atoms with Crippen molar-refractivity contribution < 1.29 is 0 Å². The molecule has 4 aliphatic heterocycles. The van der Waals surface area contributed by atoms with Crippen molar-refractivity contribution in [1.29, 1.82) is 0 Å². The second kappa shape index (κ2) is 34.1. The Labute approximate surface area is 582 Å². The molecule has 95 heavy (non-hydrogen) atoms. The third kappa shape index (κ3) is 25.1. The van der Waals surface area contributed by atoms with Crippen LogP contribution in [0.15, 0.2) is 0 Å². The van der Waals surface area contributed by atoms with Gasteiger partial charge < -0.3 is 62.1 Å². The fraction of sp³-hybridized carbons (Fsp3) is 0.877. The Balaban J connectivity index is 0.915. The minimum absolute atomic E-state index is 0.0132. The SMILES string of the molecule is CCCCN(c1nc(NCCCCCCNc2nc(Cl)nc(NCCCCCCNc3nc(N(CCCC)C4CC(C)(C)NC(C)(C)C4)nc(N(CCCC)C4CC(C)(C)NC(C)(C)C4)n3)n2)nc(N(CCCC)C2CC(C)(C)NC(C)(C)C2)n1)C1CC(C)(C)NC(C)(C)C1. The molecule has 0 atom stereocenters. The monoisotopic (exact) mass is 1340 g/mol. The van der Waals surface area contributed by atoms with E-state index in [4.69, 9.17) is 46.5 Å². The molecule has 0 aliphatic carbocycles. The molecule has 0 aromatic carbocycles. The minimum atomic E-state index is -0.0132. The third-order valence-electron chi connectivity index (χ3n) is 19.6. The first-order valence-electron chi connectivity index (χ1n) is 37.7. The van der Waals surface area contributed by atoms with E-state index in [0.29, 0.717) is 48.0 Å². The summed E-state index contributed by atoms with van der Waals surface area (Å²) in [4.78, 5) is 55.8. The molecule has 0 radical (unpaired) electrons. The van der Waals surface area contributed by atoms with Crippen molar-refractivity contribution in [2.75, 3.05) is 93.2 Å². The Bertz CT molecular complexity index is 2420. The van der Waals surface area contributed by atoms with Gasteiger partial charge in [0.05, 0.1) is 0 Å². The largest absolute Gasteiger partial charge is 0.354 e. The Hall–Kier alpha value is -4.44. The summed E-state index contributed by atoms with van der Waals surface area (Å²) < 4.78 is 0. The molecule has 0 amide bonds. The zero-order valence-electron chi connectivity index (χ0n) is 63.6. The molecule has 7 heterocycles. The highest BCUT2D eigenvalue weighted by atomic mass is 35.5. The zero-order valence-corrected chi connectivity index (χ0v) is 64.4. The van der Waals surface area contributed by atoms with Gasteiger partial charge in [0.25, 0.3) is 0 Å². The molecular formula is C73H136ClN21.